The number of aryl methyl sites for hydroxylation is 2. The Morgan fingerprint density at radius 3 is 2.48 bits per heavy atom. The lowest BCUT2D eigenvalue weighted by Gasteiger charge is -2.17. The van der Waals surface area contributed by atoms with Crippen molar-refractivity contribution in [1.29, 1.82) is 0 Å². The molecule has 0 saturated carbocycles. The Balaban J connectivity index is 1.77. The summed E-state index contributed by atoms with van der Waals surface area (Å²) in [6.45, 7) is 5.71. The van der Waals surface area contributed by atoms with Crippen molar-refractivity contribution in [3.05, 3.63) is 65.5 Å². The first-order valence-electron chi connectivity index (χ1n) is 8.78. The molecule has 1 atom stereocenters. The minimum Gasteiger partial charge on any atom is -0.449 e. The summed E-state index contributed by atoms with van der Waals surface area (Å²) in [7, 11) is 0. The Morgan fingerprint density at radius 2 is 1.78 bits per heavy atom. The van der Waals surface area contributed by atoms with Gasteiger partial charge in [0.05, 0.1) is 11.1 Å². The summed E-state index contributed by atoms with van der Waals surface area (Å²) in [5, 5.41) is 2.82. The molecule has 1 aromatic heterocycles. The lowest BCUT2D eigenvalue weighted by atomic mass is 10.1. The van der Waals surface area contributed by atoms with Gasteiger partial charge >= 0.3 is 5.97 Å². The van der Waals surface area contributed by atoms with Gasteiger partial charge in [-0.15, -0.1) is 0 Å². The number of esters is 1. The van der Waals surface area contributed by atoms with Gasteiger partial charge in [0.1, 0.15) is 5.52 Å². The fourth-order valence-electron chi connectivity index (χ4n) is 2.94. The number of carbonyl (C=O) groups is 2. The first-order chi connectivity index (χ1) is 13.0. The highest BCUT2D eigenvalue weighted by Gasteiger charge is 2.23. The number of nitrogens with one attached hydrogen (secondary N) is 1. The van der Waals surface area contributed by atoms with Crippen LogP contribution >= 0.6 is 0 Å². The number of para-hydroxylation sites is 1. The van der Waals surface area contributed by atoms with E-state index in [0.717, 1.165) is 11.1 Å². The number of amides is 1. The lowest BCUT2D eigenvalue weighted by molar-refractivity contribution is -0.124. The number of fused-ring (bicyclic) bond motifs is 1. The smallest absolute Gasteiger partial charge is 0.341 e. The normalized spacial score (nSPS) is 11.8. The van der Waals surface area contributed by atoms with Crippen LogP contribution in [0.1, 0.15) is 34.8 Å². The molecule has 1 heterocycles. The standard InChI is InChI=1S/C21H21N3O3/c1-4-18(20(25)24-15-11-13(2)10-14(3)12-15)27-21(26)16-6-5-7-17-19(16)23-9-8-22-17/h5-12,18H,4H2,1-3H3,(H,24,25). The van der Waals surface area contributed by atoms with E-state index in [2.05, 4.69) is 15.3 Å². The van der Waals surface area contributed by atoms with Crippen molar-refractivity contribution in [1.82, 2.24) is 9.97 Å². The number of rotatable bonds is 5. The molecule has 0 radical (unpaired) electrons. The Labute approximate surface area is 157 Å². The third-order valence-electron chi connectivity index (χ3n) is 4.12. The highest BCUT2D eigenvalue weighted by atomic mass is 16.5. The predicted octanol–water partition coefficient (Wildman–Crippen LogP) is 3.82. The van der Waals surface area contributed by atoms with Crippen LogP contribution in [0.15, 0.2) is 48.8 Å². The van der Waals surface area contributed by atoms with E-state index in [1.807, 2.05) is 32.0 Å². The summed E-state index contributed by atoms with van der Waals surface area (Å²) >= 11 is 0. The molecule has 27 heavy (non-hydrogen) atoms. The molecule has 6 nitrogen and oxygen atoms in total. The van der Waals surface area contributed by atoms with Crippen LogP contribution in [0, 0.1) is 13.8 Å². The third kappa shape index (κ3) is 4.28. The maximum atomic E-state index is 12.6. The van der Waals surface area contributed by atoms with E-state index in [1.165, 1.54) is 6.20 Å². The molecule has 0 fully saturated rings. The molecular formula is C21H21N3O3. The SMILES string of the molecule is CCC(OC(=O)c1cccc2nccnc12)C(=O)Nc1cc(C)cc(C)c1. The molecule has 1 N–H and O–H groups in total. The molecular weight excluding hydrogens is 342 g/mol. The highest BCUT2D eigenvalue weighted by Crippen LogP contribution is 2.18. The zero-order valence-corrected chi connectivity index (χ0v) is 15.5. The second-order valence-electron chi connectivity index (χ2n) is 6.40. The number of hydrogen-bond acceptors (Lipinski definition) is 5. The number of aromatic nitrogens is 2. The van der Waals surface area contributed by atoms with Crippen molar-refractivity contribution in [2.75, 3.05) is 5.32 Å². The van der Waals surface area contributed by atoms with Crippen LogP contribution in [0.25, 0.3) is 11.0 Å². The Bertz CT molecular complexity index is 975. The maximum Gasteiger partial charge on any atom is 0.341 e. The van der Waals surface area contributed by atoms with E-state index >= 15 is 0 Å². The van der Waals surface area contributed by atoms with E-state index in [4.69, 9.17) is 4.74 Å². The van der Waals surface area contributed by atoms with Gasteiger partial charge in [0.15, 0.2) is 6.10 Å². The Hall–Kier alpha value is -3.28. The van der Waals surface area contributed by atoms with Crippen LogP contribution < -0.4 is 5.32 Å². The van der Waals surface area contributed by atoms with E-state index in [1.54, 1.807) is 31.3 Å². The van der Waals surface area contributed by atoms with Gasteiger partial charge in [-0.3, -0.25) is 14.8 Å². The minimum atomic E-state index is -0.898. The minimum absolute atomic E-state index is 0.290. The van der Waals surface area contributed by atoms with Crippen LogP contribution in [0.2, 0.25) is 0 Å². The predicted molar refractivity (Wildman–Crippen MR) is 104 cm³/mol. The average molecular weight is 363 g/mol. The van der Waals surface area contributed by atoms with Gasteiger partial charge in [0.2, 0.25) is 0 Å². The largest absolute Gasteiger partial charge is 0.449 e. The van der Waals surface area contributed by atoms with E-state index < -0.39 is 12.1 Å². The maximum absolute atomic E-state index is 12.6. The fourth-order valence-corrected chi connectivity index (χ4v) is 2.94. The molecule has 6 heteroatoms. The highest BCUT2D eigenvalue weighted by molar-refractivity contribution is 6.03. The molecule has 138 valence electrons. The van der Waals surface area contributed by atoms with Gasteiger partial charge in [0, 0.05) is 18.1 Å². The van der Waals surface area contributed by atoms with E-state index in [-0.39, 0.29) is 5.91 Å². The molecule has 0 aliphatic carbocycles. The second-order valence-corrected chi connectivity index (χ2v) is 6.40. The van der Waals surface area contributed by atoms with Crippen LogP contribution in [0.5, 0.6) is 0 Å². The molecule has 0 aliphatic heterocycles. The number of nitrogens with zero attached hydrogens (tertiary/aromatic N) is 2. The summed E-state index contributed by atoms with van der Waals surface area (Å²) in [5.41, 5.74) is 4.12. The summed E-state index contributed by atoms with van der Waals surface area (Å²) in [5.74, 6) is -0.953. The summed E-state index contributed by atoms with van der Waals surface area (Å²) < 4.78 is 5.47. The molecule has 2 aromatic carbocycles. The van der Waals surface area contributed by atoms with Gasteiger partial charge < -0.3 is 10.1 Å². The van der Waals surface area contributed by atoms with Crippen molar-refractivity contribution >= 4 is 28.6 Å². The summed E-state index contributed by atoms with van der Waals surface area (Å²) in [6.07, 6.45) is 2.54. The molecule has 1 amide bonds. The van der Waals surface area contributed by atoms with E-state index in [0.29, 0.717) is 28.7 Å². The second kappa shape index (κ2) is 7.95. The quantitative estimate of drug-likeness (QED) is 0.697. The van der Waals surface area contributed by atoms with Crippen LogP contribution in [0.4, 0.5) is 5.69 Å². The first kappa shape index (κ1) is 18.5. The third-order valence-corrected chi connectivity index (χ3v) is 4.12. The molecule has 0 saturated heterocycles. The molecule has 0 spiro atoms. The molecule has 3 aromatic rings. The zero-order chi connectivity index (χ0) is 19.4. The van der Waals surface area contributed by atoms with Gasteiger partial charge in [-0.2, -0.15) is 0 Å². The first-order valence-corrected chi connectivity index (χ1v) is 8.78. The molecule has 3 rings (SSSR count). The molecule has 0 bridgehead atoms. The van der Waals surface area contributed by atoms with Crippen molar-refractivity contribution in [2.24, 2.45) is 0 Å². The van der Waals surface area contributed by atoms with E-state index in [9.17, 15) is 9.59 Å². The van der Waals surface area contributed by atoms with Gasteiger partial charge in [-0.1, -0.05) is 19.1 Å². The summed E-state index contributed by atoms with van der Waals surface area (Å²) in [6, 6.07) is 10.9. The van der Waals surface area contributed by atoms with Crippen LogP contribution in [-0.4, -0.2) is 27.9 Å². The van der Waals surface area contributed by atoms with Crippen LogP contribution in [-0.2, 0) is 9.53 Å². The van der Waals surface area contributed by atoms with Crippen molar-refractivity contribution in [3.63, 3.8) is 0 Å². The Morgan fingerprint density at radius 1 is 1.07 bits per heavy atom. The number of anilines is 1. The summed E-state index contributed by atoms with van der Waals surface area (Å²) in [4.78, 5) is 33.6. The van der Waals surface area contributed by atoms with Crippen molar-refractivity contribution in [3.8, 4) is 0 Å². The van der Waals surface area contributed by atoms with Crippen molar-refractivity contribution in [2.45, 2.75) is 33.3 Å². The average Bonchev–Trinajstić information content (AvgIpc) is 2.64. The number of hydrogen-bond donors (Lipinski definition) is 1. The zero-order valence-electron chi connectivity index (χ0n) is 15.5. The lowest BCUT2D eigenvalue weighted by Crippen LogP contribution is -2.32. The van der Waals surface area contributed by atoms with Gasteiger partial charge in [-0.25, -0.2) is 4.79 Å². The number of carbonyl (C=O) groups excluding carboxylic acids is 2. The number of benzene rings is 2. The Kier molecular flexibility index (Phi) is 5.45. The topological polar surface area (TPSA) is 81.2 Å². The monoisotopic (exact) mass is 363 g/mol. The van der Waals surface area contributed by atoms with Gasteiger partial charge in [-0.05, 0) is 55.7 Å². The van der Waals surface area contributed by atoms with Gasteiger partial charge in [0.25, 0.3) is 5.91 Å². The molecule has 0 aliphatic rings. The fraction of sp³-hybridized carbons (Fsp3) is 0.238. The van der Waals surface area contributed by atoms with Crippen LogP contribution in [0.3, 0.4) is 0 Å². The molecule has 1 unspecified atom stereocenters. The number of ether oxygens (including phenoxy) is 1. The van der Waals surface area contributed by atoms with Crippen molar-refractivity contribution < 1.29 is 14.3 Å².